The summed E-state index contributed by atoms with van der Waals surface area (Å²) in [6.45, 7) is 3.33. The van der Waals surface area contributed by atoms with Gasteiger partial charge in [-0.25, -0.2) is 0 Å². The third kappa shape index (κ3) is 5.37. The van der Waals surface area contributed by atoms with Gasteiger partial charge in [0.05, 0.1) is 0 Å². The first-order valence-electron chi connectivity index (χ1n) is 6.84. The molecule has 3 unspecified atom stereocenters. The first kappa shape index (κ1) is 16.1. The summed E-state index contributed by atoms with van der Waals surface area (Å²) in [6, 6.07) is 0.817. The summed E-state index contributed by atoms with van der Waals surface area (Å²) in [5, 5.41) is 6.62. The fourth-order valence-corrected chi connectivity index (χ4v) is 3.78. The third-order valence-electron chi connectivity index (χ3n) is 3.73. The Morgan fingerprint density at radius 3 is 2.94 bits per heavy atom. The van der Waals surface area contributed by atoms with E-state index in [-0.39, 0.29) is 18.3 Å². The highest BCUT2D eigenvalue weighted by atomic mass is 35.5. The molecule has 0 spiro atoms. The molecule has 1 saturated carbocycles. The fourth-order valence-electron chi connectivity index (χ4n) is 2.83. The van der Waals surface area contributed by atoms with Crippen molar-refractivity contribution in [3.63, 3.8) is 0 Å². The zero-order valence-corrected chi connectivity index (χ0v) is 12.7. The van der Waals surface area contributed by atoms with E-state index in [1.54, 1.807) is 0 Å². The van der Waals surface area contributed by atoms with Crippen LogP contribution in [0.4, 0.5) is 0 Å². The van der Waals surface area contributed by atoms with Crippen molar-refractivity contribution in [1.82, 2.24) is 10.6 Å². The number of thioether (sulfide) groups is 1. The molecule has 0 aromatic heterocycles. The van der Waals surface area contributed by atoms with E-state index in [4.69, 9.17) is 0 Å². The molecule has 5 heteroatoms. The van der Waals surface area contributed by atoms with E-state index in [9.17, 15) is 4.79 Å². The maximum Gasteiger partial charge on any atom is 0.221 e. The number of hydrogen-bond donors (Lipinski definition) is 2. The number of amides is 1. The van der Waals surface area contributed by atoms with Gasteiger partial charge in [0.15, 0.2) is 0 Å². The van der Waals surface area contributed by atoms with Crippen molar-refractivity contribution in [2.45, 2.75) is 51.1 Å². The van der Waals surface area contributed by atoms with Gasteiger partial charge < -0.3 is 10.6 Å². The number of halogens is 1. The molecule has 3 atom stereocenters. The van der Waals surface area contributed by atoms with Crippen molar-refractivity contribution in [2.24, 2.45) is 5.92 Å². The molecule has 3 nitrogen and oxygen atoms in total. The van der Waals surface area contributed by atoms with E-state index in [0.717, 1.165) is 18.2 Å². The van der Waals surface area contributed by atoms with Crippen molar-refractivity contribution >= 4 is 30.1 Å². The number of carbonyl (C=O) groups excluding carboxylic acids is 1. The van der Waals surface area contributed by atoms with E-state index >= 15 is 0 Å². The van der Waals surface area contributed by atoms with Gasteiger partial charge in [-0.05, 0) is 18.8 Å². The molecule has 18 heavy (non-hydrogen) atoms. The molecule has 1 amide bonds. The first-order chi connectivity index (χ1) is 8.24. The molecule has 1 aliphatic carbocycles. The molecule has 0 aromatic rings. The van der Waals surface area contributed by atoms with Crippen molar-refractivity contribution in [2.75, 3.05) is 18.1 Å². The van der Waals surface area contributed by atoms with Gasteiger partial charge in [0.2, 0.25) is 5.91 Å². The van der Waals surface area contributed by atoms with Crippen LogP contribution in [0.3, 0.4) is 0 Å². The van der Waals surface area contributed by atoms with Crippen LogP contribution in [0.2, 0.25) is 0 Å². The summed E-state index contributed by atoms with van der Waals surface area (Å²) >= 11 is 1.95. The van der Waals surface area contributed by atoms with E-state index in [1.165, 1.54) is 31.4 Å². The summed E-state index contributed by atoms with van der Waals surface area (Å²) in [4.78, 5) is 11.9. The predicted octanol–water partition coefficient (Wildman–Crippen LogP) is 2.20. The van der Waals surface area contributed by atoms with Crippen molar-refractivity contribution in [3.8, 4) is 0 Å². The largest absolute Gasteiger partial charge is 0.353 e. The maximum absolute atomic E-state index is 11.9. The summed E-state index contributed by atoms with van der Waals surface area (Å²) < 4.78 is 0. The number of carbonyl (C=O) groups is 1. The van der Waals surface area contributed by atoms with Gasteiger partial charge in [0, 0.05) is 36.6 Å². The summed E-state index contributed by atoms with van der Waals surface area (Å²) in [7, 11) is 0. The standard InChI is InChI=1S/C13H24N2OS.ClH/c1-10-3-2-4-11(7-10)15-13(16)8-12-9-17-6-5-14-12;/h10-12,14H,2-9H2,1H3,(H,15,16);1H. The van der Waals surface area contributed by atoms with Gasteiger partial charge in [-0.1, -0.05) is 19.8 Å². The lowest BCUT2D eigenvalue weighted by atomic mass is 9.87. The SMILES string of the molecule is CC1CCCC(NC(=O)CC2CSCCN2)C1.Cl. The normalized spacial score (nSPS) is 32.4. The Morgan fingerprint density at radius 1 is 1.44 bits per heavy atom. The van der Waals surface area contributed by atoms with Gasteiger partial charge >= 0.3 is 0 Å². The second kappa shape index (κ2) is 8.28. The van der Waals surface area contributed by atoms with Crippen molar-refractivity contribution in [1.29, 1.82) is 0 Å². The summed E-state index contributed by atoms with van der Waals surface area (Å²) in [5.74, 6) is 3.27. The highest BCUT2D eigenvalue weighted by Crippen LogP contribution is 2.23. The molecule has 1 aliphatic heterocycles. The Morgan fingerprint density at radius 2 is 2.28 bits per heavy atom. The van der Waals surface area contributed by atoms with E-state index in [2.05, 4.69) is 17.6 Å². The topological polar surface area (TPSA) is 41.1 Å². The van der Waals surface area contributed by atoms with E-state index in [0.29, 0.717) is 18.5 Å². The van der Waals surface area contributed by atoms with Crippen LogP contribution in [0, 0.1) is 5.92 Å². The van der Waals surface area contributed by atoms with Crippen LogP contribution in [0.15, 0.2) is 0 Å². The summed E-state index contributed by atoms with van der Waals surface area (Å²) in [6.07, 6.45) is 5.58. The number of rotatable bonds is 3. The van der Waals surface area contributed by atoms with Gasteiger partial charge in [-0.15, -0.1) is 12.4 Å². The average molecular weight is 293 g/mol. The molecule has 2 rings (SSSR count). The minimum atomic E-state index is 0. The Balaban J connectivity index is 0.00000162. The number of nitrogens with one attached hydrogen (secondary N) is 2. The van der Waals surface area contributed by atoms with Crippen molar-refractivity contribution < 1.29 is 4.79 Å². The lowest BCUT2D eigenvalue weighted by molar-refractivity contribution is -0.122. The molecule has 1 saturated heterocycles. The molecule has 2 N–H and O–H groups in total. The molecule has 2 aliphatic rings. The quantitative estimate of drug-likeness (QED) is 0.838. The summed E-state index contributed by atoms with van der Waals surface area (Å²) in [5.41, 5.74) is 0. The predicted molar refractivity (Wildman–Crippen MR) is 80.5 cm³/mol. The molecule has 0 radical (unpaired) electrons. The third-order valence-corrected chi connectivity index (χ3v) is 4.86. The average Bonchev–Trinajstić information content (AvgIpc) is 2.30. The van der Waals surface area contributed by atoms with Crippen LogP contribution >= 0.6 is 24.2 Å². The highest BCUT2D eigenvalue weighted by Gasteiger charge is 2.22. The van der Waals surface area contributed by atoms with Gasteiger partial charge in [0.25, 0.3) is 0 Å². The molecule has 0 aromatic carbocycles. The maximum atomic E-state index is 11.9. The zero-order chi connectivity index (χ0) is 12.1. The van der Waals surface area contributed by atoms with Gasteiger partial charge in [-0.2, -0.15) is 11.8 Å². The molecular weight excluding hydrogens is 268 g/mol. The van der Waals surface area contributed by atoms with Gasteiger partial charge in [-0.3, -0.25) is 4.79 Å². The van der Waals surface area contributed by atoms with Gasteiger partial charge in [0.1, 0.15) is 0 Å². The first-order valence-corrected chi connectivity index (χ1v) is 8.00. The Bertz CT molecular complexity index is 259. The zero-order valence-electron chi connectivity index (χ0n) is 11.1. The second-order valence-electron chi connectivity index (χ2n) is 5.47. The number of hydrogen-bond acceptors (Lipinski definition) is 3. The second-order valence-corrected chi connectivity index (χ2v) is 6.62. The molecule has 2 fully saturated rings. The lowest BCUT2D eigenvalue weighted by Crippen LogP contribution is -2.44. The fraction of sp³-hybridized carbons (Fsp3) is 0.923. The van der Waals surface area contributed by atoms with Crippen LogP contribution < -0.4 is 10.6 Å². The Hall–Kier alpha value is 0.0700. The monoisotopic (exact) mass is 292 g/mol. The van der Waals surface area contributed by atoms with Crippen LogP contribution in [-0.4, -0.2) is 36.0 Å². The Labute approximate surface area is 121 Å². The minimum Gasteiger partial charge on any atom is -0.353 e. The van der Waals surface area contributed by atoms with Crippen LogP contribution in [0.5, 0.6) is 0 Å². The van der Waals surface area contributed by atoms with E-state index < -0.39 is 0 Å². The molecule has 0 bridgehead atoms. The smallest absolute Gasteiger partial charge is 0.221 e. The van der Waals surface area contributed by atoms with Crippen molar-refractivity contribution in [3.05, 3.63) is 0 Å². The van der Waals surface area contributed by atoms with Crippen LogP contribution in [-0.2, 0) is 4.79 Å². The molecular formula is C13H25ClN2OS. The minimum absolute atomic E-state index is 0. The van der Waals surface area contributed by atoms with E-state index in [1.807, 2.05) is 11.8 Å². The highest BCUT2D eigenvalue weighted by molar-refractivity contribution is 7.99. The molecule has 1 heterocycles. The Kier molecular flexibility index (Phi) is 7.42. The van der Waals surface area contributed by atoms with Crippen LogP contribution in [0.1, 0.15) is 39.0 Å². The molecule has 106 valence electrons. The lowest BCUT2D eigenvalue weighted by Gasteiger charge is -2.29. The van der Waals surface area contributed by atoms with Crippen LogP contribution in [0.25, 0.3) is 0 Å².